The van der Waals surface area contributed by atoms with Gasteiger partial charge in [0.2, 0.25) is 17.8 Å². The Bertz CT molecular complexity index is 884. The minimum Gasteiger partial charge on any atom is -0.461 e. The Hall–Kier alpha value is -3.22. The van der Waals surface area contributed by atoms with Crippen LogP contribution in [0, 0.1) is 12.8 Å². The second-order valence-electron chi connectivity index (χ2n) is 5.64. The SMILES string of the molecule is Cc1cccc(N2C(=O)[C@@H]3C(C(=O)c4ccco4)=NO[C@H]3C2=O)c1. The van der Waals surface area contributed by atoms with E-state index in [0.29, 0.717) is 5.69 Å². The topological polar surface area (TPSA) is 89.2 Å². The van der Waals surface area contributed by atoms with Crippen molar-refractivity contribution in [1.29, 1.82) is 0 Å². The summed E-state index contributed by atoms with van der Waals surface area (Å²) in [7, 11) is 0. The van der Waals surface area contributed by atoms with Crippen molar-refractivity contribution in [3.05, 3.63) is 54.0 Å². The number of benzene rings is 1. The number of nitrogens with zero attached hydrogens (tertiary/aromatic N) is 2. The van der Waals surface area contributed by atoms with Crippen LogP contribution in [-0.4, -0.2) is 29.4 Å². The molecule has 0 N–H and O–H groups in total. The quantitative estimate of drug-likeness (QED) is 0.633. The Balaban J connectivity index is 1.69. The normalized spacial score (nSPS) is 22.4. The molecule has 1 aromatic heterocycles. The maximum atomic E-state index is 12.8. The molecular weight excluding hydrogens is 312 g/mol. The van der Waals surface area contributed by atoms with Crippen molar-refractivity contribution in [1.82, 2.24) is 0 Å². The highest BCUT2D eigenvalue weighted by atomic mass is 16.7. The summed E-state index contributed by atoms with van der Waals surface area (Å²) in [5, 5.41) is 3.66. The summed E-state index contributed by atoms with van der Waals surface area (Å²) in [5.41, 5.74) is 1.25. The number of fused-ring (bicyclic) bond motifs is 1. The molecule has 4 rings (SSSR count). The number of anilines is 1. The van der Waals surface area contributed by atoms with Gasteiger partial charge in [0.15, 0.2) is 5.76 Å². The first-order valence-corrected chi connectivity index (χ1v) is 7.34. The number of rotatable bonds is 3. The molecule has 2 aromatic rings. The van der Waals surface area contributed by atoms with Crippen LogP contribution < -0.4 is 4.90 Å². The van der Waals surface area contributed by atoms with Gasteiger partial charge in [0, 0.05) is 0 Å². The molecule has 24 heavy (non-hydrogen) atoms. The van der Waals surface area contributed by atoms with E-state index in [4.69, 9.17) is 9.25 Å². The van der Waals surface area contributed by atoms with E-state index < -0.39 is 29.6 Å². The zero-order chi connectivity index (χ0) is 16.8. The largest absolute Gasteiger partial charge is 0.461 e. The first-order valence-electron chi connectivity index (χ1n) is 7.34. The summed E-state index contributed by atoms with van der Waals surface area (Å²) in [6.45, 7) is 1.86. The van der Waals surface area contributed by atoms with Gasteiger partial charge in [0.1, 0.15) is 11.6 Å². The first-order chi connectivity index (χ1) is 11.6. The van der Waals surface area contributed by atoms with Gasteiger partial charge in [-0.3, -0.25) is 14.4 Å². The lowest BCUT2D eigenvalue weighted by molar-refractivity contribution is -0.126. The van der Waals surface area contributed by atoms with E-state index in [1.807, 2.05) is 13.0 Å². The summed E-state index contributed by atoms with van der Waals surface area (Å²) >= 11 is 0. The molecule has 0 unspecified atom stereocenters. The Morgan fingerprint density at radius 2 is 2.00 bits per heavy atom. The van der Waals surface area contributed by atoms with Gasteiger partial charge in [-0.1, -0.05) is 17.3 Å². The van der Waals surface area contributed by atoms with Crippen LogP contribution in [0.4, 0.5) is 5.69 Å². The van der Waals surface area contributed by atoms with Gasteiger partial charge in [0.25, 0.3) is 5.91 Å². The smallest absolute Gasteiger partial charge is 0.278 e. The first kappa shape index (κ1) is 14.4. The van der Waals surface area contributed by atoms with Crippen molar-refractivity contribution in [3.63, 3.8) is 0 Å². The average Bonchev–Trinajstić information content (AvgIpc) is 3.27. The molecule has 3 heterocycles. The molecular formula is C17H12N2O5. The molecule has 0 spiro atoms. The van der Waals surface area contributed by atoms with Crippen LogP contribution in [0.2, 0.25) is 0 Å². The number of hydrogen-bond donors (Lipinski definition) is 0. The number of hydrogen-bond acceptors (Lipinski definition) is 6. The summed E-state index contributed by atoms with van der Waals surface area (Å²) in [6, 6.07) is 10.0. The summed E-state index contributed by atoms with van der Waals surface area (Å²) in [6.07, 6.45) is 0.244. The molecule has 0 radical (unpaired) electrons. The number of oxime groups is 1. The zero-order valence-corrected chi connectivity index (χ0v) is 12.6. The van der Waals surface area contributed by atoms with Crippen LogP contribution in [0.15, 0.2) is 52.2 Å². The summed E-state index contributed by atoms with van der Waals surface area (Å²) < 4.78 is 5.05. The van der Waals surface area contributed by atoms with Crippen molar-refractivity contribution in [3.8, 4) is 0 Å². The number of ketones is 1. The van der Waals surface area contributed by atoms with E-state index in [9.17, 15) is 14.4 Å². The lowest BCUT2D eigenvalue weighted by Crippen LogP contribution is -2.34. The number of aryl methyl sites for hydroxylation is 1. The van der Waals surface area contributed by atoms with Crippen LogP contribution in [0.25, 0.3) is 0 Å². The van der Waals surface area contributed by atoms with Gasteiger partial charge >= 0.3 is 0 Å². The second-order valence-corrected chi connectivity index (χ2v) is 5.64. The molecule has 0 aliphatic carbocycles. The molecule has 2 atom stereocenters. The summed E-state index contributed by atoms with van der Waals surface area (Å²) in [4.78, 5) is 43.8. The molecule has 1 aromatic carbocycles. The van der Waals surface area contributed by atoms with Crippen LogP contribution >= 0.6 is 0 Å². The number of imide groups is 1. The van der Waals surface area contributed by atoms with Crippen molar-refractivity contribution in [2.75, 3.05) is 4.90 Å². The molecule has 7 nitrogen and oxygen atoms in total. The van der Waals surface area contributed by atoms with Crippen LogP contribution in [0.3, 0.4) is 0 Å². The summed E-state index contributed by atoms with van der Waals surface area (Å²) in [5.74, 6) is -2.60. The zero-order valence-electron chi connectivity index (χ0n) is 12.6. The van der Waals surface area contributed by atoms with Crippen molar-refractivity contribution in [2.24, 2.45) is 11.1 Å². The third kappa shape index (κ3) is 1.98. The van der Waals surface area contributed by atoms with Crippen molar-refractivity contribution in [2.45, 2.75) is 13.0 Å². The second kappa shape index (κ2) is 5.16. The van der Waals surface area contributed by atoms with Gasteiger partial charge < -0.3 is 9.25 Å². The van der Waals surface area contributed by atoms with Crippen LogP contribution in [0.1, 0.15) is 16.1 Å². The molecule has 120 valence electrons. The van der Waals surface area contributed by atoms with Crippen LogP contribution in [0.5, 0.6) is 0 Å². The Morgan fingerprint density at radius 3 is 2.71 bits per heavy atom. The van der Waals surface area contributed by atoms with E-state index in [0.717, 1.165) is 10.5 Å². The van der Waals surface area contributed by atoms with E-state index in [1.165, 1.54) is 12.3 Å². The molecule has 1 saturated heterocycles. The monoisotopic (exact) mass is 324 g/mol. The Morgan fingerprint density at radius 1 is 1.17 bits per heavy atom. The maximum absolute atomic E-state index is 12.8. The van der Waals surface area contributed by atoms with Gasteiger partial charge in [0.05, 0.1) is 12.0 Å². The van der Waals surface area contributed by atoms with E-state index in [2.05, 4.69) is 5.16 Å². The predicted octanol–water partition coefficient (Wildman–Crippen LogP) is 1.72. The van der Waals surface area contributed by atoms with E-state index in [1.54, 1.807) is 24.3 Å². The standard InChI is InChI=1S/C17H12N2O5/c1-9-4-2-5-10(8-9)19-16(21)12-13(18-24-15(12)17(19)22)14(20)11-6-3-7-23-11/h2-8,12,15H,1H3/t12-,15-/m1/s1. The molecule has 7 heteroatoms. The minimum atomic E-state index is -1.10. The van der Waals surface area contributed by atoms with Gasteiger partial charge in [-0.05, 0) is 36.8 Å². The van der Waals surface area contributed by atoms with Crippen molar-refractivity contribution >= 4 is 29.0 Å². The van der Waals surface area contributed by atoms with E-state index in [-0.39, 0.29) is 11.5 Å². The maximum Gasteiger partial charge on any atom is 0.278 e. The van der Waals surface area contributed by atoms with Gasteiger partial charge in [-0.2, -0.15) is 0 Å². The number of carbonyl (C=O) groups excluding carboxylic acids is 3. The molecule has 0 bridgehead atoms. The van der Waals surface area contributed by atoms with Crippen LogP contribution in [-0.2, 0) is 14.4 Å². The number of Topliss-reactive ketones (excluding diaryl/α,β-unsaturated/α-hetero) is 1. The fraction of sp³-hybridized carbons (Fsp3) is 0.176. The number of furan rings is 1. The third-order valence-corrected chi connectivity index (χ3v) is 4.05. The lowest BCUT2D eigenvalue weighted by Gasteiger charge is -2.15. The predicted molar refractivity (Wildman–Crippen MR) is 82.5 cm³/mol. The minimum absolute atomic E-state index is 0.0484. The van der Waals surface area contributed by atoms with Crippen molar-refractivity contribution < 1.29 is 23.6 Å². The molecule has 1 fully saturated rings. The highest BCUT2D eigenvalue weighted by Crippen LogP contribution is 2.34. The molecule has 2 aliphatic rings. The Labute approximate surface area is 136 Å². The Kier molecular flexibility index (Phi) is 3.09. The molecule has 0 saturated carbocycles. The van der Waals surface area contributed by atoms with E-state index >= 15 is 0 Å². The third-order valence-electron chi connectivity index (χ3n) is 4.05. The molecule has 2 amide bonds. The molecule has 2 aliphatic heterocycles. The number of amides is 2. The highest BCUT2D eigenvalue weighted by Gasteiger charge is 2.57. The fourth-order valence-electron chi connectivity index (χ4n) is 2.92. The van der Waals surface area contributed by atoms with Gasteiger partial charge in [-0.25, -0.2) is 4.90 Å². The van der Waals surface area contributed by atoms with Gasteiger partial charge in [-0.15, -0.1) is 0 Å². The number of carbonyl (C=O) groups is 3. The average molecular weight is 324 g/mol. The lowest BCUT2D eigenvalue weighted by atomic mass is 9.96. The fourth-order valence-corrected chi connectivity index (χ4v) is 2.92. The highest BCUT2D eigenvalue weighted by molar-refractivity contribution is 6.52.